The molecule has 1 aromatic heterocycles. The molecule has 28 heavy (non-hydrogen) atoms. The molecular weight excluding hydrogens is 368 g/mol. The Morgan fingerprint density at radius 1 is 1.36 bits per heavy atom. The Labute approximate surface area is 160 Å². The first-order chi connectivity index (χ1) is 13.3. The molecule has 2 fully saturated rings. The summed E-state index contributed by atoms with van der Waals surface area (Å²) >= 11 is 0. The van der Waals surface area contributed by atoms with E-state index < -0.39 is 28.6 Å². The van der Waals surface area contributed by atoms with Crippen LogP contribution in [0.1, 0.15) is 49.0 Å². The Bertz CT molecular complexity index is 1020. The maximum absolute atomic E-state index is 15.5. The molecule has 1 saturated heterocycles. The molecule has 2 aromatic rings. The van der Waals surface area contributed by atoms with Gasteiger partial charge in [-0.05, 0) is 37.7 Å². The molecule has 1 aromatic carbocycles. The second kappa shape index (κ2) is 6.84. The summed E-state index contributed by atoms with van der Waals surface area (Å²) in [6.45, 7) is 2.92. The first kappa shape index (κ1) is 18.9. The van der Waals surface area contributed by atoms with Crippen LogP contribution in [0.5, 0.6) is 0 Å². The first-order valence-corrected chi connectivity index (χ1v) is 9.64. The minimum atomic E-state index is -1.40. The van der Waals surface area contributed by atoms with Gasteiger partial charge in [0.05, 0.1) is 10.9 Å². The monoisotopic (exact) mass is 391 g/mol. The summed E-state index contributed by atoms with van der Waals surface area (Å²) in [7, 11) is 0. The van der Waals surface area contributed by atoms with Crippen molar-refractivity contribution < 1.29 is 18.7 Å². The molecule has 0 spiro atoms. The number of halogens is 2. The van der Waals surface area contributed by atoms with Crippen LogP contribution >= 0.6 is 0 Å². The summed E-state index contributed by atoms with van der Waals surface area (Å²) in [6, 6.07) is 0.877. The average Bonchev–Trinajstić information content (AvgIpc) is 3.39. The molecule has 150 valence electrons. The van der Waals surface area contributed by atoms with E-state index in [2.05, 4.69) is 0 Å². The predicted octanol–water partition coefficient (Wildman–Crippen LogP) is 2.88. The fraction of sp³-hybridized carbons (Fsp3) is 0.500. The number of carboxylic acids is 1. The van der Waals surface area contributed by atoms with Gasteiger partial charge in [-0.1, -0.05) is 6.92 Å². The van der Waals surface area contributed by atoms with Crippen LogP contribution in [0.3, 0.4) is 0 Å². The van der Waals surface area contributed by atoms with Gasteiger partial charge in [0.25, 0.3) is 0 Å². The molecule has 1 saturated carbocycles. The number of aromatic carboxylic acids is 1. The van der Waals surface area contributed by atoms with E-state index in [-0.39, 0.29) is 34.6 Å². The number of benzene rings is 1. The van der Waals surface area contributed by atoms with Crippen molar-refractivity contribution in [1.82, 2.24) is 4.57 Å². The Morgan fingerprint density at radius 2 is 2.07 bits per heavy atom. The lowest BCUT2D eigenvalue weighted by molar-refractivity contribution is 0.0695. The second-order valence-corrected chi connectivity index (χ2v) is 7.80. The van der Waals surface area contributed by atoms with Crippen molar-refractivity contribution in [2.24, 2.45) is 11.7 Å². The normalized spacial score (nSPS) is 20.7. The molecular formula is C20H23F2N3O3. The molecule has 1 aliphatic heterocycles. The maximum atomic E-state index is 15.5. The van der Waals surface area contributed by atoms with Crippen LogP contribution in [0.15, 0.2) is 17.1 Å². The fourth-order valence-corrected chi connectivity index (χ4v) is 4.19. The van der Waals surface area contributed by atoms with E-state index in [0.717, 1.165) is 31.7 Å². The number of nitrogens with zero attached hydrogens (tertiary/aromatic N) is 2. The van der Waals surface area contributed by atoms with Gasteiger partial charge in [0.15, 0.2) is 5.82 Å². The number of hydrogen-bond donors (Lipinski definition) is 2. The third kappa shape index (κ3) is 2.96. The van der Waals surface area contributed by atoms with Gasteiger partial charge in [0, 0.05) is 31.4 Å². The van der Waals surface area contributed by atoms with Crippen molar-refractivity contribution >= 4 is 22.6 Å². The summed E-state index contributed by atoms with van der Waals surface area (Å²) in [6.07, 6.45) is 4.26. The zero-order valence-electron chi connectivity index (χ0n) is 15.6. The summed E-state index contributed by atoms with van der Waals surface area (Å²) in [5.74, 6) is -2.90. The topological polar surface area (TPSA) is 88.6 Å². The van der Waals surface area contributed by atoms with E-state index in [1.165, 1.54) is 10.8 Å². The Morgan fingerprint density at radius 3 is 2.68 bits per heavy atom. The number of carbonyl (C=O) groups is 1. The zero-order chi connectivity index (χ0) is 20.2. The summed E-state index contributed by atoms with van der Waals surface area (Å²) in [4.78, 5) is 25.6. The van der Waals surface area contributed by atoms with Crippen molar-refractivity contribution in [2.75, 3.05) is 18.0 Å². The predicted molar refractivity (Wildman–Crippen MR) is 102 cm³/mol. The van der Waals surface area contributed by atoms with E-state index >= 15 is 4.39 Å². The van der Waals surface area contributed by atoms with Gasteiger partial charge in [-0.15, -0.1) is 0 Å². The minimum absolute atomic E-state index is 0.0165. The van der Waals surface area contributed by atoms with Crippen molar-refractivity contribution in [1.29, 1.82) is 0 Å². The Kier molecular flexibility index (Phi) is 4.61. The molecule has 2 unspecified atom stereocenters. The molecule has 6 nitrogen and oxygen atoms in total. The number of carboxylic acid groups (broad SMARTS) is 1. The van der Waals surface area contributed by atoms with E-state index in [0.29, 0.717) is 13.1 Å². The second-order valence-electron chi connectivity index (χ2n) is 7.80. The quantitative estimate of drug-likeness (QED) is 0.818. The van der Waals surface area contributed by atoms with Gasteiger partial charge in [-0.2, -0.15) is 0 Å². The summed E-state index contributed by atoms with van der Waals surface area (Å²) < 4.78 is 31.9. The van der Waals surface area contributed by atoms with E-state index in [9.17, 15) is 19.1 Å². The smallest absolute Gasteiger partial charge is 0.341 e. The van der Waals surface area contributed by atoms with Crippen LogP contribution < -0.4 is 16.1 Å². The minimum Gasteiger partial charge on any atom is -0.477 e. The number of nitrogens with two attached hydrogens (primary N) is 1. The van der Waals surface area contributed by atoms with E-state index in [1.54, 1.807) is 4.90 Å². The van der Waals surface area contributed by atoms with E-state index in [4.69, 9.17) is 5.73 Å². The molecule has 0 amide bonds. The molecule has 3 N–H and O–H groups in total. The van der Waals surface area contributed by atoms with Crippen molar-refractivity contribution in [2.45, 2.75) is 44.7 Å². The van der Waals surface area contributed by atoms with Crippen LogP contribution in [0, 0.1) is 17.6 Å². The highest BCUT2D eigenvalue weighted by Crippen LogP contribution is 2.40. The highest BCUT2D eigenvalue weighted by atomic mass is 19.1. The molecule has 8 heteroatoms. The number of fused-ring (bicyclic) bond motifs is 1. The lowest BCUT2D eigenvalue weighted by Crippen LogP contribution is -2.32. The SMILES string of the molecule is CCC(N)C1CCN(c2c(F)cc3c(=O)c(C(=O)O)cn(C4CC4)c3c2F)C1. The van der Waals surface area contributed by atoms with Crippen LogP contribution in [-0.2, 0) is 0 Å². The van der Waals surface area contributed by atoms with Crippen LogP contribution in [-0.4, -0.2) is 34.8 Å². The zero-order valence-corrected chi connectivity index (χ0v) is 15.6. The number of rotatable bonds is 5. The summed E-state index contributed by atoms with van der Waals surface area (Å²) in [5, 5.41) is 9.07. The molecule has 0 bridgehead atoms. The van der Waals surface area contributed by atoms with Crippen LogP contribution in [0.25, 0.3) is 10.9 Å². The fourth-order valence-electron chi connectivity index (χ4n) is 4.19. The third-order valence-corrected chi connectivity index (χ3v) is 5.97. The molecule has 2 heterocycles. The van der Waals surface area contributed by atoms with Gasteiger partial charge in [0.2, 0.25) is 5.43 Å². The standard InChI is InChI=1S/C20H23F2N3O3/c1-2-15(23)10-5-6-24(8-10)18-14(21)7-12-17(16(18)22)25(11-3-4-11)9-13(19(12)26)20(27)28/h7,9-11,15H,2-6,8,23H2,1H3,(H,27,28). The number of pyridine rings is 1. The van der Waals surface area contributed by atoms with Gasteiger partial charge in [-0.25, -0.2) is 13.6 Å². The lowest BCUT2D eigenvalue weighted by Gasteiger charge is -2.23. The number of hydrogen-bond acceptors (Lipinski definition) is 4. The highest BCUT2D eigenvalue weighted by molar-refractivity contribution is 5.94. The highest BCUT2D eigenvalue weighted by Gasteiger charge is 2.34. The van der Waals surface area contributed by atoms with Crippen LogP contribution in [0.4, 0.5) is 14.5 Å². The maximum Gasteiger partial charge on any atom is 0.341 e. The number of anilines is 1. The first-order valence-electron chi connectivity index (χ1n) is 9.64. The molecule has 2 atom stereocenters. The van der Waals surface area contributed by atoms with Gasteiger partial charge in [0.1, 0.15) is 17.1 Å². The van der Waals surface area contributed by atoms with Crippen molar-refractivity contribution in [3.8, 4) is 0 Å². The molecule has 1 aliphatic carbocycles. The van der Waals surface area contributed by atoms with Gasteiger partial charge >= 0.3 is 5.97 Å². The molecule has 0 radical (unpaired) electrons. The largest absolute Gasteiger partial charge is 0.477 e. The third-order valence-electron chi connectivity index (χ3n) is 5.97. The summed E-state index contributed by atoms with van der Waals surface area (Å²) in [5.41, 5.74) is 4.60. The van der Waals surface area contributed by atoms with Crippen molar-refractivity contribution in [3.63, 3.8) is 0 Å². The van der Waals surface area contributed by atoms with E-state index in [1.807, 2.05) is 6.92 Å². The molecule has 2 aliphatic rings. The molecule has 4 rings (SSSR count). The lowest BCUT2D eigenvalue weighted by atomic mass is 9.98. The van der Waals surface area contributed by atoms with Crippen molar-refractivity contribution in [3.05, 3.63) is 39.7 Å². The number of aromatic nitrogens is 1. The Hall–Kier alpha value is -2.48. The average molecular weight is 391 g/mol. The van der Waals surface area contributed by atoms with Crippen LogP contribution in [0.2, 0.25) is 0 Å². The van der Waals surface area contributed by atoms with Gasteiger partial charge in [-0.3, -0.25) is 4.79 Å². The Balaban J connectivity index is 1.89. The van der Waals surface area contributed by atoms with Gasteiger partial charge < -0.3 is 20.3 Å².